The number of amides is 1. The van der Waals surface area contributed by atoms with Crippen molar-refractivity contribution in [1.29, 1.82) is 0 Å². The average molecular weight is 735 g/mol. The molecule has 7 rings (SSSR count). The number of fused-ring (bicyclic) bond motifs is 3. The molecule has 0 bridgehead atoms. The molecule has 5 aromatic rings. The van der Waals surface area contributed by atoms with Gasteiger partial charge in [-0.15, -0.1) is 11.3 Å². The fraction of sp³-hybridized carbons (Fsp3) is 0.351. The molecule has 2 unspecified atom stereocenters. The molecule has 2 aliphatic rings. The van der Waals surface area contributed by atoms with Crippen LogP contribution >= 0.6 is 22.9 Å². The smallest absolute Gasteiger partial charge is 0.246 e. The third kappa shape index (κ3) is 6.42. The highest BCUT2D eigenvalue weighted by Crippen LogP contribution is 2.50. The number of aromatic nitrogens is 4. The summed E-state index contributed by atoms with van der Waals surface area (Å²) in [5, 5.41) is 17.2. The van der Waals surface area contributed by atoms with Crippen LogP contribution in [0.15, 0.2) is 48.5 Å². The van der Waals surface area contributed by atoms with Crippen molar-refractivity contribution in [3.63, 3.8) is 0 Å². The Morgan fingerprint density at radius 3 is 2.76 bits per heavy atom. The van der Waals surface area contributed by atoms with Crippen LogP contribution in [-0.4, -0.2) is 87.1 Å². The van der Waals surface area contributed by atoms with Crippen LogP contribution in [0.4, 0.5) is 8.78 Å². The van der Waals surface area contributed by atoms with Gasteiger partial charge in [-0.1, -0.05) is 18.2 Å². The van der Waals surface area contributed by atoms with Gasteiger partial charge < -0.3 is 19.5 Å². The zero-order chi connectivity index (χ0) is 36.0. The third-order valence-electron chi connectivity index (χ3n) is 9.53. The van der Waals surface area contributed by atoms with E-state index in [2.05, 4.69) is 17.5 Å². The van der Waals surface area contributed by atoms with Gasteiger partial charge in [-0.2, -0.15) is 5.10 Å². The number of aliphatic hydroxyl groups excluding tert-OH is 1. The molecule has 0 fully saturated rings. The Balaban J connectivity index is 1.50. The number of nitrogens with zero attached hydrogens (tertiary/aromatic N) is 6. The molecule has 0 saturated heterocycles. The standard InChI is InChI=1S/C37H37ClF2N6O4S/c1-5-31(48)45-17-20(2)46-29(21(45)3)15-28(43-46)36-34(33-26(40)13-24(39)14-30(33)50-11-10-49-4)32-25(38)19-51-37(32)35(42-36)22-12-23-18-44(8-9-47)7-6-27(23)41-16-22/h5,12-16,19-21,47H,1,6-11,17-18H2,2-4H3. The van der Waals surface area contributed by atoms with E-state index in [1.54, 1.807) is 16.5 Å². The van der Waals surface area contributed by atoms with Gasteiger partial charge in [0.2, 0.25) is 5.91 Å². The normalized spacial score (nSPS) is 17.4. The number of rotatable bonds is 10. The van der Waals surface area contributed by atoms with E-state index in [1.165, 1.54) is 24.5 Å². The number of methoxy groups -OCH3 is 1. The van der Waals surface area contributed by atoms with Gasteiger partial charge in [-0.25, -0.2) is 13.8 Å². The number of carbonyl (C=O) groups excluding carboxylic acids is 1. The van der Waals surface area contributed by atoms with Crippen molar-refractivity contribution in [1.82, 2.24) is 29.5 Å². The van der Waals surface area contributed by atoms with Crippen molar-refractivity contribution in [2.45, 2.75) is 38.9 Å². The summed E-state index contributed by atoms with van der Waals surface area (Å²) in [4.78, 5) is 26.8. The maximum absolute atomic E-state index is 16.3. The number of benzene rings is 1. The third-order valence-corrected chi connectivity index (χ3v) is 10.9. The highest BCUT2D eigenvalue weighted by atomic mass is 35.5. The van der Waals surface area contributed by atoms with E-state index in [0.717, 1.165) is 47.6 Å². The molecule has 1 aromatic carbocycles. The maximum Gasteiger partial charge on any atom is 0.246 e. The summed E-state index contributed by atoms with van der Waals surface area (Å²) >= 11 is 8.36. The molecule has 0 saturated carbocycles. The lowest BCUT2D eigenvalue weighted by atomic mass is 9.94. The first-order valence-corrected chi connectivity index (χ1v) is 17.9. The van der Waals surface area contributed by atoms with E-state index in [-0.39, 0.29) is 49.1 Å². The van der Waals surface area contributed by atoms with Crippen molar-refractivity contribution in [3.8, 4) is 39.5 Å². The van der Waals surface area contributed by atoms with Gasteiger partial charge in [0.05, 0.1) is 52.0 Å². The summed E-state index contributed by atoms with van der Waals surface area (Å²) in [6.07, 6.45) is 3.84. The summed E-state index contributed by atoms with van der Waals surface area (Å²) in [6, 6.07) is 5.35. The fourth-order valence-corrected chi connectivity index (χ4v) is 8.38. The Morgan fingerprint density at radius 1 is 1.18 bits per heavy atom. The largest absolute Gasteiger partial charge is 0.490 e. The second-order valence-electron chi connectivity index (χ2n) is 12.8. The van der Waals surface area contributed by atoms with Gasteiger partial charge in [0.15, 0.2) is 0 Å². The number of pyridine rings is 2. The zero-order valence-corrected chi connectivity index (χ0v) is 30.0. The van der Waals surface area contributed by atoms with Crippen molar-refractivity contribution >= 4 is 38.9 Å². The number of thiophene rings is 1. The molecule has 1 amide bonds. The molecule has 2 atom stereocenters. The molecule has 0 radical (unpaired) electrons. The quantitative estimate of drug-likeness (QED) is 0.123. The zero-order valence-electron chi connectivity index (χ0n) is 28.5. The first-order valence-electron chi connectivity index (χ1n) is 16.7. The first kappa shape index (κ1) is 35.1. The van der Waals surface area contributed by atoms with Gasteiger partial charge in [0, 0.05) is 85.6 Å². The SMILES string of the molecule is C=CC(=O)N1CC(C)n2nc(-c3nc(-c4cnc5c(c4)CN(CCO)CC5)c4scc(Cl)c4c3-c3c(F)cc(F)cc3OCCOC)cc2C1C. The monoisotopic (exact) mass is 734 g/mol. The molecule has 6 heterocycles. The lowest BCUT2D eigenvalue weighted by Crippen LogP contribution is -2.42. The molecule has 51 heavy (non-hydrogen) atoms. The predicted octanol–water partition coefficient (Wildman–Crippen LogP) is 6.85. The maximum atomic E-state index is 16.3. The van der Waals surface area contributed by atoms with Crippen LogP contribution in [0, 0.1) is 11.6 Å². The number of hydrogen-bond acceptors (Lipinski definition) is 9. The van der Waals surface area contributed by atoms with Gasteiger partial charge >= 0.3 is 0 Å². The van der Waals surface area contributed by atoms with Crippen molar-refractivity contribution in [3.05, 3.63) is 82.1 Å². The fourth-order valence-electron chi connectivity index (χ4n) is 7.06. The molecular formula is C37H37ClF2N6O4S. The van der Waals surface area contributed by atoms with Gasteiger partial charge in [0.25, 0.3) is 0 Å². The summed E-state index contributed by atoms with van der Waals surface area (Å²) < 4.78 is 44.7. The minimum Gasteiger partial charge on any atom is -0.490 e. The van der Waals surface area contributed by atoms with Gasteiger partial charge in [-0.05, 0) is 37.6 Å². The van der Waals surface area contributed by atoms with Crippen molar-refractivity contribution in [2.24, 2.45) is 0 Å². The molecule has 10 nitrogen and oxygen atoms in total. The van der Waals surface area contributed by atoms with Crippen LogP contribution in [0.2, 0.25) is 5.02 Å². The van der Waals surface area contributed by atoms with E-state index in [9.17, 15) is 14.3 Å². The lowest BCUT2D eigenvalue weighted by molar-refractivity contribution is -0.129. The minimum absolute atomic E-state index is 0.00871. The highest BCUT2D eigenvalue weighted by molar-refractivity contribution is 7.18. The molecule has 0 aliphatic carbocycles. The number of aliphatic hydroxyl groups is 1. The Labute approximate surface area is 302 Å². The van der Waals surface area contributed by atoms with Crippen LogP contribution in [0.5, 0.6) is 5.75 Å². The second-order valence-corrected chi connectivity index (χ2v) is 14.1. The van der Waals surface area contributed by atoms with Crippen LogP contribution in [-0.2, 0) is 22.5 Å². The number of carbonyl (C=O) groups is 1. The predicted molar refractivity (Wildman–Crippen MR) is 193 cm³/mol. The number of hydrogen-bond donors (Lipinski definition) is 1. The summed E-state index contributed by atoms with van der Waals surface area (Å²) in [7, 11) is 1.51. The molecule has 0 spiro atoms. The first-order chi connectivity index (χ1) is 24.6. The summed E-state index contributed by atoms with van der Waals surface area (Å²) in [5.74, 6) is -1.88. The van der Waals surface area contributed by atoms with Crippen molar-refractivity contribution < 1.29 is 28.2 Å². The summed E-state index contributed by atoms with van der Waals surface area (Å²) in [5.41, 5.74) is 5.12. The number of β-amino-alcohol motifs (C(OH)–C–C–N with tert-alkyl or cyclic N) is 1. The van der Waals surface area contributed by atoms with E-state index in [1.807, 2.05) is 24.6 Å². The van der Waals surface area contributed by atoms with E-state index in [0.29, 0.717) is 57.4 Å². The van der Waals surface area contributed by atoms with Gasteiger partial charge in [0.1, 0.15) is 35.4 Å². The van der Waals surface area contributed by atoms with Gasteiger partial charge in [-0.3, -0.25) is 19.4 Å². The second kappa shape index (κ2) is 14.4. The number of halogens is 3. The highest BCUT2D eigenvalue weighted by Gasteiger charge is 2.34. The average Bonchev–Trinajstić information content (AvgIpc) is 3.74. The number of ether oxygens (including phenoxy) is 2. The molecule has 14 heteroatoms. The summed E-state index contributed by atoms with van der Waals surface area (Å²) in [6.45, 7) is 10.3. The topological polar surface area (TPSA) is 106 Å². The Bertz CT molecular complexity index is 2160. The van der Waals surface area contributed by atoms with Crippen molar-refractivity contribution in [2.75, 3.05) is 46.6 Å². The Kier molecular flexibility index (Phi) is 9.92. The van der Waals surface area contributed by atoms with Crippen LogP contribution in [0.25, 0.3) is 43.9 Å². The Morgan fingerprint density at radius 2 is 2.00 bits per heavy atom. The molecule has 2 aliphatic heterocycles. The Hall–Kier alpha value is -4.27. The van der Waals surface area contributed by atoms with E-state index >= 15 is 4.39 Å². The lowest BCUT2D eigenvalue weighted by Gasteiger charge is -2.36. The van der Waals surface area contributed by atoms with E-state index in [4.69, 9.17) is 36.1 Å². The van der Waals surface area contributed by atoms with Crippen LogP contribution in [0.3, 0.4) is 0 Å². The molecule has 1 N–H and O–H groups in total. The molecular weight excluding hydrogens is 698 g/mol. The molecule has 266 valence electrons. The van der Waals surface area contributed by atoms with Crippen LogP contribution < -0.4 is 4.74 Å². The van der Waals surface area contributed by atoms with E-state index < -0.39 is 11.6 Å². The van der Waals surface area contributed by atoms with Crippen LogP contribution in [0.1, 0.15) is 42.9 Å². The molecule has 4 aromatic heterocycles. The minimum atomic E-state index is -0.852.